The third kappa shape index (κ3) is 4.11. The highest BCUT2D eigenvalue weighted by molar-refractivity contribution is 7.89. The maximum atomic E-state index is 12.9. The van der Waals surface area contributed by atoms with E-state index >= 15 is 0 Å². The SMILES string of the molecule is COCCC1(NS(=O)(=O)c2ccccc2)CCN(C(=O)c2cnn(C)c2C)C1. The third-order valence-electron chi connectivity index (χ3n) is 5.30. The molecule has 152 valence electrons. The number of ether oxygens (including phenoxy) is 1. The summed E-state index contributed by atoms with van der Waals surface area (Å²) in [7, 11) is -0.346. The molecule has 28 heavy (non-hydrogen) atoms. The molecule has 8 nitrogen and oxygen atoms in total. The molecule has 0 aliphatic carbocycles. The van der Waals surface area contributed by atoms with Gasteiger partial charge in [-0.2, -0.15) is 5.10 Å². The first kappa shape index (κ1) is 20.5. The molecule has 1 atom stereocenters. The van der Waals surface area contributed by atoms with E-state index in [0.29, 0.717) is 31.6 Å². The second-order valence-electron chi connectivity index (χ2n) is 7.19. The van der Waals surface area contributed by atoms with Gasteiger partial charge in [0.15, 0.2) is 0 Å². The standard InChI is InChI=1S/C19H26N4O4S/c1-15-17(13-20-22(15)2)18(24)23-11-9-19(14-23,10-12-27-3)21-28(25,26)16-7-5-4-6-8-16/h4-8,13,21H,9-12,14H2,1-3H3. The van der Waals surface area contributed by atoms with Crippen LogP contribution in [-0.4, -0.2) is 61.4 Å². The Balaban J connectivity index is 1.83. The Morgan fingerprint density at radius 3 is 2.64 bits per heavy atom. The van der Waals surface area contributed by atoms with Crippen molar-refractivity contribution in [3.05, 3.63) is 47.8 Å². The number of amides is 1. The van der Waals surface area contributed by atoms with E-state index in [9.17, 15) is 13.2 Å². The van der Waals surface area contributed by atoms with Crippen LogP contribution in [0.2, 0.25) is 0 Å². The van der Waals surface area contributed by atoms with Crippen molar-refractivity contribution in [1.29, 1.82) is 0 Å². The number of carbonyl (C=O) groups excluding carboxylic acids is 1. The van der Waals surface area contributed by atoms with Gasteiger partial charge in [0.25, 0.3) is 5.91 Å². The number of nitrogens with zero attached hydrogens (tertiary/aromatic N) is 3. The number of hydrogen-bond acceptors (Lipinski definition) is 5. The Hall–Kier alpha value is -2.23. The van der Waals surface area contributed by atoms with Crippen molar-refractivity contribution in [3.63, 3.8) is 0 Å². The van der Waals surface area contributed by atoms with Crippen LogP contribution < -0.4 is 4.72 Å². The molecule has 1 unspecified atom stereocenters. The molecule has 1 aliphatic rings. The number of benzene rings is 1. The van der Waals surface area contributed by atoms with Gasteiger partial charge in [-0.15, -0.1) is 0 Å². The van der Waals surface area contributed by atoms with Gasteiger partial charge in [-0.25, -0.2) is 13.1 Å². The average molecular weight is 407 g/mol. The third-order valence-corrected chi connectivity index (χ3v) is 6.89. The van der Waals surface area contributed by atoms with Crippen molar-refractivity contribution < 1.29 is 17.9 Å². The number of hydrogen-bond donors (Lipinski definition) is 1. The van der Waals surface area contributed by atoms with Crippen LogP contribution >= 0.6 is 0 Å². The van der Waals surface area contributed by atoms with E-state index in [4.69, 9.17) is 4.74 Å². The largest absolute Gasteiger partial charge is 0.385 e. The fourth-order valence-corrected chi connectivity index (χ4v) is 4.98. The summed E-state index contributed by atoms with van der Waals surface area (Å²) in [6, 6.07) is 8.26. The minimum atomic E-state index is -3.71. The van der Waals surface area contributed by atoms with Gasteiger partial charge in [0, 0.05) is 39.5 Å². The van der Waals surface area contributed by atoms with E-state index in [0.717, 1.165) is 5.69 Å². The summed E-state index contributed by atoms with van der Waals surface area (Å²) in [5.74, 6) is -0.135. The Morgan fingerprint density at radius 2 is 2.04 bits per heavy atom. The number of sulfonamides is 1. The highest BCUT2D eigenvalue weighted by atomic mass is 32.2. The molecule has 0 saturated carbocycles. The van der Waals surface area contributed by atoms with Gasteiger partial charge in [-0.3, -0.25) is 9.48 Å². The van der Waals surface area contributed by atoms with E-state index in [-0.39, 0.29) is 17.3 Å². The zero-order chi connectivity index (χ0) is 20.4. The van der Waals surface area contributed by atoms with E-state index in [1.807, 2.05) is 6.92 Å². The summed E-state index contributed by atoms with van der Waals surface area (Å²) in [4.78, 5) is 14.8. The molecule has 1 amide bonds. The smallest absolute Gasteiger partial charge is 0.257 e. The predicted octanol–water partition coefficient (Wildman–Crippen LogP) is 1.33. The number of rotatable bonds is 7. The molecule has 0 bridgehead atoms. The molecule has 2 aromatic rings. The van der Waals surface area contributed by atoms with Crippen LogP contribution in [0, 0.1) is 6.92 Å². The fraction of sp³-hybridized carbons (Fsp3) is 0.474. The van der Waals surface area contributed by atoms with Crippen LogP contribution in [0.3, 0.4) is 0 Å². The molecule has 9 heteroatoms. The van der Waals surface area contributed by atoms with Crippen molar-refractivity contribution >= 4 is 15.9 Å². The molecular weight excluding hydrogens is 380 g/mol. The average Bonchev–Trinajstić information content (AvgIpc) is 3.24. The lowest BCUT2D eigenvalue weighted by Gasteiger charge is -2.30. The highest BCUT2D eigenvalue weighted by Gasteiger charge is 2.43. The summed E-state index contributed by atoms with van der Waals surface area (Å²) in [6.07, 6.45) is 2.56. The highest BCUT2D eigenvalue weighted by Crippen LogP contribution is 2.29. The first-order valence-corrected chi connectivity index (χ1v) is 10.6. The predicted molar refractivity (Wildman–Crippen MR) is 104 cm³/mol. The minimum absolute atomic E-state index is 0.135. The summed E-state index contributed by atoms with van der Waals surface area (Å²) in [6.45, 7) is 2.99. The molecule has 3 rings (SSSR count). The zero-order valence-corrected chi connectivity index (χ0v) is 17.2. The van der Waals surface area contributed by atoms with Gasteiger partial charge in [-0.1, -0.05) is 18.2 Å². The van der Waals surface area contributed by atoms with Crippen molar-refractivity contribution in [2.45, 2.75) is 30.2 Å². The first-order chi connectivity index (χ1) is 13.3. The van der Waals surface area contributed by atoms with Gasteiger partial charge < -0.3 is 9.64 Å². The summed E-state index contributed by atoms with van der Waals surface area (Å²) < 4.78 is 35.5. The summed E-state index contributed by atoms with van der Waals surface area (Å²) >= 11 is 0. The monoisotopic (exact) mass is 406 g/mol. The summed E-state index contributed by atoms with van der Waals surface area (Å²) in [5.41, 5.74) is 0.552. The summed E-state index contributed by atoms with van der Waals surface area (Å²) in [5, 5.41) is 4.13. The Labute approximate surface area is 165 Å². The van der Waals surface area contributed by atoms with Crippen LogP contribution in [0.15, 0.2) is 41.4 Å². The molecule has 0 spiro atoms. The van der Waals surface area contributed by atoms with E-state index in [1.165, 1.54) is 0 Å². The van der Waals surface area contributed by atoms with E-state index < -0.39 is 15.6 Å². The Morgan fingerprint density at radius 1 is 1.32 bits per heavy atom. The molecule has 1 N–H and O–H groups in total. The van der Waals surface area contributed by atoms with Crippen LogP contribution in [0.4, 0.5) is 0 Å². The molecule has 0 radical (unpaired) electrons. The van der Waals surface area contributed by atoms with Crippen molar-refractivity contribution in [2.24, 2.45) is 7.05 Å². The van der Waals surface area contributed by atoms with Gasteiger partial charge in [-0.05, 0) is 31.9 Å². The molecule has 1 fully saturated rings. The number of methoxy groups -OCH3 is 1. The number of likely N-dealkylation sites (tertiary alicyclic amines) is 1. The Kier molecular flexibility index (Phi) is 5.87. The number of carbonyl (C=O) groups is 1. The second-order valence-corrected chi connectivity index (χ2v) is 8.87. The van der Waals surface area contributed by atoms with Crippen LogP contribution in [0.5, 0.6) is 0 Å². The lowest BCUT2D eigenvalue weighted by atomic mass is 9.96. The maximum absolute atomic E-state index is 12.9. The van der Waals surface area contributed by atoms with Crippen LogP contribution in [0.1, 0.15) is 28.9 Å². The van der Waals surface area contributed by atoms with Gasteiger partial charge in [0.1, 0.15) is 0 Å². The molecular formula is C19H26N4O4S. The molecule has 2 heterocycles. The number of aromatic nitrogens is 2. The topological polar surface area (TPSA) is 93.5 Å². The number of nitrogens with one attached hydrogen (secondary N) is 1. The quantitative estimate of drug-likeness (QED) is 0.749. The van der Waals surface area contributed by atoms with Crippen LogP contribution in [-0.2, 0) is 21.8 Å². The lowest BCUT2D eigenvalue weighted by Crippen LogP contribution is -2.51. The molecule has 1 aromatic carbocycles. The second kappa shape index (κ2) is 8.02. The molecule has 1 aliphatic heterocycles. The first-order valence-electron chi connectivity index (χ1n) is 9.14. The van der Waals surface area contributed by atoms with Crippen molar-refractivity contribution in [2.75, 3.05) is 26.8 Å². The lowest BCUT2D eigenvalue weighted by molar-refractivity contribution is 0.0774. The van der Waals surface area contributed by atoms with Gasteiger partial charge >= 0.3 is 0 Å². The molecule has 1 saturated heterocycles. The van der Waals surface area contributed by atoms with Gasteiger partial charge in [0.2, 0.25) is 10.0 Å². The van der Waals surface area contributed by atoms with Crippen LogP contribution in [0.25, 0.3) is 0 Å². The molecule has 1 aromatic heterocycles. The van der Waals surface area contributed by atoms with E-state index in [1.54, 1.807) is 60.3 Å². The van der Waals surface area contributed by atoms with Gasteiger partial charge in [0.05, 0.1) is 22.2 Å². The zero-order valence-electron chi connectivity index (χ0n) is 16.4. The van der Waals surface area contributed by atoms with Crippen molar-refractivity contribution in [3.8, 4) is 0 Å². The number of aryl methyl sites for hydroxylation is 1. The minimum Gasteiger partial charge on any atom is -0.385 e. The van der Waals surface area contributed by atoms with E-state index in [2.05, 4.69) is 9.82 Å². The fourth-order valence-electron chi connectivity index (χ4n) is 3.50. The normalized spacial score (nSPS) is 19.9. The van der Waals surface area contributed by atoms with Crippen molar-refractivity contribution in [1.82, 2.24) is 19.4 Å². The maximum Gasteiger partial charge on any atom is 0.257 e. The Bertz CT molecular complexity index is 942.